The Bertz CT molecular complexity index is 1280. The molecule has 180 valence electrons. The fourth-order valence-electron chi connectivity index (χ4n) is 2.81. The van der Waals surface area contributed by atoms with Crippen molar-refractivity contribution >= 4 is 45.3 Å². The third-order valence-corrected chi connectivity index (χ3v) is 5.06. The lowest BCUT2D eigenvalue weighted by atomic mass is 10.2. The molecule has 3 aromatic carbocycles. The van der Waals surface area contributed by atoms with Crippen molar-refractivity contribution in [1.82, 2.24) is 5.43 Å². The smallest absolute Gasteiger partial charge is 0.271 e. The number of nitrogens with zero attached hydrogens (tertiary/aromatic N) is 2. The molecule has 0 aliphatic heterocycles. The normalized spacial score (nSPS) is 10.6. The standard InChI is InChI=1S/C23H18BrFN4O6/c1-34-20-11-14(12-26-28-23(31)15-6-8-16(9-7-15)29(32)33)10-17(24)22(20)35-13-21(30)27-19-5-3-2-4-18(19)25/h2-12H,13H2,1H3,(H,27,30)(H,28,31)/b26-12+. The highest BCUT2D eigenvalue weighted by Gasteiger charge is 2.14. The summed E-state index contributed by atoms with van der Waals surface area (Å²) in [5.74, 6) is -1.17. The molecule has 0 saturated heterocycles. The van der Waals surface area contributed by atoms with Gasteiger partial charge in [0, 0.05) is 17.7 Å². The van der Waals surface area contributed by atoms with Gasteiger partial charge in [-0.25, -0.2) is 9.82 Å². The van der Waals surface area contributed by atoms with E-state index in [1.165, 1.54) is 55.8 Å². The summed E-state index contributed by atoms with van der Waals surface area (Å²) in [5, 5.41) is 17.0. The molecule has 0 radical (unpaired) electrons. The molecule has 3 rings (SSSR count). The van der Waals surface area contributed by atoms with Crippen molar-refractivity contribution < 1.29 is 28.4 Å². The Balaban J connectivity index is 1.62. The zero-order valence-electron chi connectivity index (χ0n) is 18.2. The van der Waals surface area contributed by atoms with E-state index in [4.69, 9.17) is 9.47 Å². The first kappa shape index (κ1) is 25.3. The number of hydrogen-bond donors (Lipinski definition) is 2. The van der Waals surface area contributed by atoms with Gasteiger partial charge in [0.05, 0.1) is 28.4 Å². The summed E-state index contributed by atoms with van der Waals surface area (Å²) < 4.78 is 25.0. The van der Waals surface area contributed by atoms with E-state index in [1.807, 2.05) is 0 Å². The van der Waals surface area contributed by atoms with Gasteiger partial charge in [0.25, 0.3) is 17.5 Å². The SMILES string of the molecule is COc1cc(/C=N/NC(=O)c2ccc([N+](=O)[O-])cc2)cc(Br)c1OCC(=O)Nc1ccccc1F. The minimum Gasteiger partial charge on any atom is -0.493 e. The molecule has 2 amide bonds. The maximum absolute atomic E-state index is 13.7. The largest absolute Gasteiger partial charge is 0.493 e. The van der Waals surface area contributed by atoms with Crippen LogP contribution in [0.1, 0.15) is 15.9 Å². The summed E-state index contributed by atoms with van der Waals surface area (Å²) >= 11 is 3.34. The average molecular weight is 545 g/mol. The van der Waals surface area contributed by atoms with Crippen molar-refractivity contribution in [2.45, 2.75) is 0 Å². The quantitative estimate of drug-likeness (QED) is 0.234. The summed E-state index contributed by atoms with van der Waals surface area (Å²) in [6.07, 6.45) is 1.35. The second-order valence-corrected chi connectivity index (χ2v) is 7.71. The van der Waals surface area contributed by atoms with Crippen LogP contribution >= 0.6 is 15.9 Å². The molecule has 0 aliphatic carbocycles. The minimum absolute atomic E-state index is 0.0365. The molecule has 0 spiro atoms. The number of nitrogens with one attached hydrogen (secondary N) is 2. The van der Waals surface area contributed by atoms with E-state index in [0.29, 0.717) is 10.0 Å². The Morgan fingerprint density at radius 1 is 1.17 bits per heavy atom. The van der Waals surface area contributed by atoms with E-state index in [9.17, 15) is 24.1 Å². The van der Waals surface area contributed by atoms with Crippen LogP contribution in [0.15, 0.2) is 70.2 Å². The Morgan fingerprint density at radius 3 is 2.54 bits per heavy atom. The summed E-state index contributed by atoms with van der Waals surface area (Å²) in [6.45, 7) is -0.401. The molecule has 35 heavy (non-hydrogen) atoms. The first-order valence-electron chi connectivity index (χ1n) is 9.91. The van der Waals surface area contributed by atoms with Gasteiger partial charge in [-0.3, -0.25) is 19.7 Å². The summed E-state index contributed by atoms with van der Waals surface area (Å²) in [7, 11) is 1.41. The van der Waals surface area contributed by atoms with Crippen molar-refractivity contribution in [3.8, 4) is 11.5 Å². The maximum Gasteiger partial charge on any atom is 0.271 e. The van der Waals surface area contributed by atoms with E-state index in [2.05, 4.69) is 31.8 Å². The molecule has 10 nitrogen and oxygen atoms in total. The second kappa shape index (κ2) is 11.7. The lowest BCUT2D eigenvalue weighted by Crippen LogP contribution is -2.21. The van der Waals surface area contributed by atoms with Crippen LogP contribution in [0.3, 0.4) is 0 Å². The van der Waals surface area contributed by atoms with E-state index in [-0.39, 0.29) is 28.4 Å². The van der Waals surface area contributed by atoms with Crippen molar-refractivity contribution in [2.75, 3.05) is 19.0 Å². The zero-order chi connectivity index (χ0) is 25.4. The lowest BCUT2D eigenvalue weighted by Gasteiger charge is -2.13. The van der Waals surface area contributed by atoms with E-state index >= 15 is 0 Å². The van der Waals surface area contributed by atoms with Crippen LogP contribution in [-0.4, -0.2) is 36.7 Å². The predicted octanol–water partition coefficient (Wildman–Crippen LogP) is 4.29. The number of carbonyl (C=O) groups excluding carboxylic acids is 2. The number of benzene rings is 3. The van der Waals surface area contributed by atoms with Gasteiger partial charge in [0.1, 0.15) is 5.82 Å². The number of non-ortho nitro benzene ring substituents is 1. The highest BCUT2D eigenvalue weighted by atomic mass is 79.9. The first-order chi connectivity index (χ1) is 16.8. The molecular weight excluding hydrogens is 527 g/mol. The van der Waals surface area contributed by atoms with Crippen LogP contribution in [-0.2, 0) is 4.79 Å². The molecule has 0 heterocycles. The Hall–Kier alpha value is -4.32. The molecule has 3 aromatic rings. The van der Waals surface area contributed by atoms with Gasteiger partial charge >= 0.3 is 0 Å². The predicted molar refractivity (Wildman–Crippen MR) is 129 cm³/mol. The van der Waals surface area contributed by atoms with Crippen LogP contribution in [0.5, 0.6) is 11.5 Å². The highest BCUT2D eigenvalue weighted by Crippen LogP contribution is 2.36. The van der Waals surface area contributed by atoms with Gasteiger partial charge in [0.2, 0.25) is 0 Å². The van der Waals surface area contributed by atoms with E-state index in [1.54, 1.807) is 18.2 Å². The molecule has 0 bridgehead atoms. The number of para-hydroxylation sites is 1. The molecule has 2 N–H and O–H groups in total. The molecule has 0 aromatic heterocycles. The number of nitro benzene ring substituents is 1. The fourth-order valence-corrected chi connectivity index (χ4v) is 3.38. The number of carbonyl (C=O) groups is 2. The third-order valence-electron chi connectivity index (χ3n) is 4.47. The van der Waals surface area contributed by atoms with Gasteiger partial charge in [-0.1, -0.05) is 12.1 Å². The monoisotopic (exact) mass is 544 g/mol. The van der Waals surface area contributed by atoms with Crippen LogP contribution in [0.25, 0.3) is 0 Å². The number of anilines is 1. The van der Waals surface area contributed by atoms with Crippen LogP contribution < -0.4 is 20.2 Å². The van der Waals surface area contributed by atoms with E-state index < -0.39 is 29.2 Å². The number of hydrogen-bond acceptors (Lipinski definition) is 7. The van der Waals surface area contributed by atoms with Crippen molar-refractivity contribution in [3.05, 3.63) is 92.2 Å². The lowest BCUT2D eigenvalue weighted by molar-refractivity contribution is -0.384. The Morgan fingerprint density at radius 2 is 1.89 bits per heavy atom. The van der Waals surface area contributed by atoms with Crippen molar-refractivity contribution in [3.63, 3.8) is 0 Å². The molecule has 12 heteroatoms. The van der Waals surface area contributed by atoms with Gasteiger partial charge in [-0.05, 0) is 57.9 Å². The highest BCUT2D eigenvalue weighted by molar-refractivity contribution is 9.10. The van der Waals surface area contributed by atoms with Crippen LogP contribution in [0, 0.1) is 15.9 Å². The van der Waals surface area contributed by atoms with Gasteiger partial charge < -0.3 is 14.8 Å². The Kier molecular flexibility index (Phi) is 8.46. The zero-order valence-corrected chi connectivity index (χ0v) is 19.7. The van der Waals surface area contributed by atoms with Crippen molar-refractivity contribution in [1.29, 1.82) is 0 Å². The van der Waals surface area contributed by atoms with Gasteiger partial charge in [-0.2, -0.15) is 5.10 Å². The number of hydrazone groups is 1. The maximum atomic E-state index is 13.7. The second-order valence-electron chi connectivity index (χ2n) is 6.85. The number of amides is 2. The molecule has 0 saturated carbocycles. The summed E-state index contributed by atoms with van der Waals surface area (Å²) in [4.78, 5) is 34.4. The average Bonchev–Trinajstić information content (AvgIpc) is 2.84. The van der Waals surface area contributed by atoms with Crippen molar-refractivity contribution in [2.24, 2.45) is 5.10 Å². The molecular formula is C23H18BrFN4O6. The number of rotatable bonds is 9. The number of methoxy groups -OCH3 is 1. The fraction of sp³-hybridized carbons (Fsp3) is 0.0870. The van der Waals surface area contributed by atoms with E-state index in [0.717, 1.165) is 0 Å². The topological polar surface area (TPSA) is 132 Å². The van der Waals surface area contributed by atoms with Gasteiger partial charge in [0.15, 0.2) is 18.1 Å². The Labute approximate surface area is 207 Å². The molecule has 0 fully saturated rings. The number of nitro groups is 1. The van der Waals surface area contributed by atoms with Crippen LogP contribution in [0.4, 0.5) is 15.8 Å². The number of halogens is 2. The summed E-state index contributed by atoms with van der Waals surface area (Å²) in [5.41, 5.74) is 2.96. The molecule has 0 unspecified atom stereocenters. The number of ether oxygens (including phenoxy) is 2. The minimum atomic E-state index is -0.566. The molecule has 0 atom stereocenters. The molecule has 0 aliphatic rings. The van der Waals surface area contributed by atoms with Gasteiger partial charge in [-0.15, -0.1) is 0 Å². The first-order valence-corrected chi connectivity index (χ1v) is 10.7. The third kappa shape index (κ3) is 6.84. The van der Waals surface area contributed by atoms with Crippen LogP contribution in [0.2, 0.25) is 0 Å². The summed E-state index contributed by atoms with van der Waals surface area (Å²) in [6, 6.07) is 14.0.